The van der Waals surface area contributed by atoms with Crippen molar-refractivity contribution in [1.29, 1.82) is 10.5 Å². The van der Waals surface area contributed by atoms with Crippen LogP contribution in [0.25, 0.3) is 0 Å². The van der Waals surface area contributed by atoms with Crippen LogP contribution in [-0.4, -0.2) is 10.6 Å². The SMILES string of the molecule is N#CC(C#N)=NNc1ccc(I)cc1[N+](=O)[O-]. The summed E-state index contributed by atoms with van der Waals surface area (Å²) in [5, 5.41) is 31.1. The number of hydrogen-bond acceptors (Lipinski definition) is 6. The number of hydrogen-bond donors (Lipinski definition) is 1. The van der Waals surface area contributed by atoms with E-state index < -0.39 is 10.6 Å². The molecule has 1 rings (SSSR count). The third kappa shape index (κ3) is 3.39. The smallest absolute Gasteiger partial charge is 0.270 e. The summed E-state index contributed by atoms with van der Waals surface area (Å²) in [4.78, 5) is 10.2. The van der Waals surface area contributed by atoms with Gasteiger partial charge in [-0.05, 0) is 34.7 Å². The van der Waals surface area contributed by atoms with Gasteiger partial charge in [-0.1, -0.05) is 0 Å². The molecule has 0 aromatic heterocycles. The summed E-state index contributed by atoms with van der Waals surface area (Å²) < 4.78 is 0.699. The maximum absolute atomic E-state index is 10.7. The third-order valence-electron chi connectivity index (χ3n) is 1.66. The Bertz CT molecular complexity index is 554. The molecule has 0 aliphatic rings. The molecule has 1 aromatic rings. The molecule has 0 radical (unpaired) electrons. The predicted octanol–water partition coefficient (Wildman–Crippen LogP) is 2.01. The Morgan fingerprint density at radius 1 is 1.47 bits per heavy atom. The summed E-state index contributed by atoms with van der Waals surface area (Å²) in [6.07, 6.45) is 0. The van der Waals surface area contributed by atoms with Gasteiger partial charge in [0.2, 0.25) is 5.71 Å². The van der Waals surface area contributed by atoms with Crippen LogP contribution in [0.4, 0.5) is 11.4 Å². The summed E-state index contributed by atoms with van der Waals surface area (Å²) in [6, 6.07) is 7.53. The Balaban J connectivity index is 3.09. The lowest BCUT2D eigenvalue weighted by Gasteiger charge is -2.01. The van der Waals surface area contributed by atoms with Gasteiger partial charge in [0.05, 0.1) is 4.92 Å². The van der Waals surface area contributed by atoms with E-state index in [1.165, 1.54) is 24.3 Å². The van der Waals surface area contributed by atoms with Gasteiger partial charge in [0, 0.05) is 9.64 Å². The summed E-state index contributed by atoms with van der Waals surface area (Å²) in [5.41, 5.74) is 1.87. The van der Waals surface area contributed by atoms with Crippen molar-refractivity contribution in [3.05, 3.63) is 31.9 Å². The molecule has 0 bridgehead atoms. The van der Waals surface area contributed by atoms with E-state index in [1.54, 1.807) is 6.07 Å². The number of nitrogens with one attached hydrogen (secondary N) is 1. The van der Waals surface area contributed by atoms with Crippen LogP contribution in [0.3, 0.4) is 0 Å². The normalized spacial score (nSPS) is 8.65. The van der Waals surface area contributed by atoms with Crippen LogP contribution in [0.15, 0.2) is 23.3 Å². The number of nitro benzene ring substituents is 1. The van der Waals surface area contributed by atoms with Gasteiger partial charge in [-0.3, -0.25) is 15.5 Å². The fourth-order valence-electron chi connectivity index (χ4n) is 0.942. The van der Waals surface area contributed by atoms with Gasteiger partial charge in [-0.25, -0.2) is 0 Å². The molecule has 0 saturated carbocycles. The zero-order valence-corrected chi connectivity index (χ0v) is 10.4. The molecule has 0 heterocycles. The van der Waals surface area contributed by atoms with E-state index in [0.717, 1.165) is 0 Å². The number of halogens is 1. The van der Waals surface area contributed by atoms with Gasteiger partial charge in [-0.15, -0.1) is 0 Å². The van der Waals surface area contributed by atoms with Crippen LogP contribution in [-0.2, 0) is 0 Å². The van der Waals surface area contributed by atoms with Crippen molar-refractivity contribution in [1.82, 2.24) is 0 Å². The number of nitriles is 2. The van der Waals surface area contributed by atoms with Gasteiger partial charge < -0.3 is 0 Å². The minimum Gasteiger partial charge on any atom is -0.270 e. The zero-order chi connectivity index (χ0) is 12.8. The zero-order valence-electron chi connectivity index (χ0n) is 8.22. The molecule has 0 fully saturated rings. The van der Waals surface area contributed by atoms with E-state index in [1.807, 2.05) is 22.6 Å². The van der Waals surface area contributed by atoms with Gasteiger partial charge in [0.15, 0.2) is 0 Å². The molecule has 0 saturated heterocycles. The lowest BCUT2D eigenvalue weighted by molar-refractivity contribution is -0.384. The van der Waals surface area contributed by atoms with Crippen LogP contribution in [0, 0.1) is 36.3 Å². The number of nitro groups is 1. The molecule has 1 aromatic carbocycles. The van der Waals surface area contributed by atoms with Gasteiger partial charge in [0.25, 0.3) is 5.69 Å². The van der Waals surface area contributed by atoms with Crippen molar-refractivity contribution >= 4 is 39.7 Å². The number of rotatable bonds is 3. The molecule has 0 unspecified atom stereocenters. The molecule has 0 amide bonds. The highest BCUT2D eigenvalue weighted by molar-refractivity contribution is 14.1. The van der Waals surface area contributed by atoms with Crippen LogP contribution in [0.2, 0.25) is 0 Å². The van der Waals surface area contributed by atoms with Crippen molar-refractivity contribution in [2.24, 2.45) is 5.10 Å². The molecular weight excluding hydrogens is 337 g/mol. The molecule has 0 atom stereocenters. The first-order valence-corrected chi connectivity index (χ1v) is 5.24. The van der Waals surface area contributed by atoms with Gasteiger partial charge in [-0.2, -0.15) is 15.6 Å². The monoisotopic (exact) mass is 341 g/mol. The predicted molar refractivity (Wildman–Crippen MR) is 68.1 cm³/mol. The quantitative estimate of drug-likeness (QED) is 0.391. The molecule has 1 N–H and O–H groups in total. The standard InChI is InChI=1S/C9H4IN5O2/c10-6-1-2-8(9(3-6)15(16)17)14-13-7(4-11)5-12/h1-3,14H. The molecule has 7 nitrogen and oxygen atoms in total. The molecule has 84 valence electrons. The summed E-state index contributed by atoms with van der Waals surface area (Å²) in [6.45, 7) is 0. The van der Waals surface area contributed by atoms with Crippen LogP contribution in [0.1, 0.15) is 0 Å². The van der Waals surface area contributed by atoms with E-state index in [2.05, 4.69) is 10.5 Å². The van der Waals surface area contributed by atoms with Crippen molar-refractivity contribution in [3.8, 4) is 12.1 Å². The minimum absolute atomic E-state index is 0.124. The third-order valence-corrected chi connectivity index (χ3v) is 2.33. The number of nitrogens with zero attached hydrogens (tertiary/aromatic N) is 4. The summed E-state index contributed by atoms with van der Waals surface area (Å²) >= 11 is 1.94. The first-order chi connectivity index (χ1) is 8.08. The Morgan fingerprint density at radius 2 is 2.12 bits per heavy atom. The average molecular weight is 341 g/mol. The first kappa shape index (κ1) is 12.9. The Kier molecular flexibility index (Phi) is 4.37. The Morgan fingerprint density at radius 3 is 2.65 bits per heavy atom. The highest BCUT2D eigenvalue weighted by Gasteiger charge is 2.13. The van der Waals surface area contributed by atoms with Gasteiger partial charge in [0.1, 0.15) is 17.8 Å². The summed E-state index contributed by atoms with van der Waals surface area (Å²) in [7, 11) is 0. The highest BCUT2D eigenvalue weighted by Crippen LogP contribution is 2.26. The molecule has 0 aliphatic heterocycles. The van der Waals surface area contributed by atoms with E-state index in [-0.39, 0.29) is 11.4 Å². The van der Waals surface area contributed by atoms with E-state index in [0.29, 0.717) is 3.57 Å². The Hall–Kier alpha value is -2.20. The lowest BCUT2D eigenvalue weighted by atomic mass is 10.3. The second-order valence-electron chi connectivity index (χ2n) is 2.71. The largest absolute Gasteiger partial charge is 0.295 e. The number of hydrazone groups is 1. The van der Waals surface area contributed by atoms with Crippen molar-refractivity contribution in [2.45, 2.75) is 0 Å². The van der Waals surface area contributed by atoms with Gasteiger partial charge >= 0.3 is 0 Å². The van der Waals surface area contributed by atoms with E-state index in [4.69, 9.17) is 10.5 Å². The first-order valence-electron chi connectivity index (χ1n) is 4.16. The van der Waals surface area contributed by atoms with Crippen LogP contribution >= 0.6 is 22.6 Å². The van der Waals surface area contributed by atoms with E-state index in [9.17, 15) is 10.1 Å². The topological polar surface area (TPSA) is 115 Å². The van der Waals surface area contributed by atoms with Crippen molar-refractivity contribution in [3.63, 3.8) is 0 Å². The van der Waals surface area contributed by atoms with E-state index >= 15 is 0 Å². The second kappa shape index (κ2) is 5.77. The summed E-state index contributed by atoms with van der Waals surface area (Å²) in [5.74, 6) is 0. The lowest BCUT2D eigenvalue weighted by Crippen LogP contribution is -2.00. The Labute approximate surface area is 110 Å². The molecule has 17 heavy (non-hydrogen) atoms. The number of benzene rings is 1. The van der Waals surface area contributed by atoms with Crippen molar-refractivity contribution < 1.29 is 4.92 Å². The fourth-order valence-corrected chi connectivity index (χ4v) is 1.42. The molecule has 0 aliphatic carbocycles. The maximum atomic E-state index is 10.7. The molecule has 8 heteroatoms. The molecule has 0 spiro atoms. The highest BCUT2D eigenvalue weighted by atomic mass is 127. The number of anilines is 1. The molecular formula is C9H4IN5O2. The van der Waals surface area contributed by atoms with Crippen LogP contribution < -0.4 is 5.43 Å². The second-order valence-corrected chi connectivity index (χ2v) is 3.96. The van der Waals surface area contributed by atoms with Crippen LogP contribution in [0.5, 0.6) is 0 Å². The van der Waals surface area contributed by atoms with Crippen molar-refractivity contribution in [2.75, 3.05) is 5.43 Å². The fraction of sp³-hybridized carbons (Fsp3) is 0. The average Bonchev–Trinajstić information content (AvgIpc) is 2.31. The maximum Gasteiger partial charge on any atom is 0.295 e. The minimum atomic E-state index is -0.571.